The number of aromatic nitrogens is 3. The minimum absolute atomic E-state index is 0.411. The topological polar surface area (TPSA) is 50.7 Å². The van der Waals surface area contributed by atoms with E-state index in [1.807, 2.05) is 24.4 Å². The number of fused-ring (bicyclic) bond motifs is 1. The molecule has 0 fully saturated rings. The fraction of sp³-hybridized carbons (Fsp3) is 0.235. The van der Waals surface area contributed by atoms with E-state index in [1.54, 1.807) is 18.6 Å². The normalized spacial score (nSPS) is 12.3. The Morgan fingerprint density at radius 3 is 2.62 bits per heavy atom. The summed E-state index contributed by atoms with van der Waals surface area (Å²) in [6, 6.07) is 8.46. The van der Waals surface area contributed by atoms with Crippen LogP contribution in [0.1, 0.15) is 20.3 Å². The minimum Gasteiger partial charge on any atom is -0.382 e. The van der Waals surface area contributed by atoms with Crippen LogP contribution in [0.15, 0.2) is 49.1 Å². The summed E-state index contributed by atoms with van der Waals surface area (Å²) in [6.07, 6.45) is 8.25. The first-order chi connectivity index (χ1) is 10.3. The molecule has 1 unspecified atom stereocenters. The van der Waals surface area contributed by atoms with Gasteiger partial charge in [-0.1, -0.05) is 6.92 Å². The summed E-state index contributed by atoms with van der Waals surface area (Å²) in [7, 11) is 0. The molecule has 1 atom stereocenters. The van der Waals surface area contributed by atoms with Crippen molar-refractivity contribution in [1.29, 1.82) is 0 Å². The van der Waals surface area contributed by atoms with Crippen LogP contribution >= 0.6 is 0 Å². The molecule has 3 rings (SSSR count). The van der Waals surface area contributed by atoms with E-state index in [4.69, 9.17) is 4.98 Å². The summed E-state index contributed by atoms with van der Waals surface area (Å²) in [5.74, 6) is 0. The molecule has 1 N–H and O–H groups in total. The van der Waals surface area contributed by atoms with Crippen LogP contribution in [0.5, 0.6) is 0 Å². The second-order valence-corrected chi connectivity index (χ2v) is 5.14. The highest BCUT2D eigenvalue weighted by Crippen LogP contribution is 2.28. The third-order valence-corrected chi connectivity index (χ3v) is 3.60. The summed E-state index contributed by atoms with van der Waals surface area (Å²) in [5, 5.41) is 4.66. The number of hydrogen-bond donors (Lipinski definition) is 1. The van der Waals surface area contributed by atoms with E-state index < -0.39 is 0 Å². The third-order valence-electron chi connectivity index (χ3n) is 3.60. The molecule has 106 valence electrons. The molecule has 0 spiro atoms. The molecule has 0 aliphatic rings. The largest absolute Gasteiger partial charge is 0.382 e. The average molecular weight is 278 g/mol. The number of hydrogen-bond acceptors (Lipinski definition) is 4. The Kier molecular flexibility index (Phi) is 3.77. The van der Waals surface area contributed by atoms with E-state index >= 15 is 0 Å². The van der Waals surface area contributed by atoms with Crippen LogP contribution in [0.2, 0.25) is 0 Å². The minimum atomic E-state index is 0.411. The van der Waals surface area contributed by atoms with Gasteiger partial charge in [-0.25, -0.2) is 4.98 Å². The zero-order chi connectivity index (χ0) is 14.7. The Morgan fingerprint density at radius 1 is 1.10 bits per heavy atom. The van der Waals surface area contributed by atoms with Gasteiger partial charge in [0.05, 0.1) is 17.4 Å². The number of anilines is 1. The molecule has 3 aromatic heterocycles. The first kappa shape index (κ1) is 13.5. The highest BCUT2D eigenvalue weighted by atomic mass is 14.9. The average Bonchev–Trinajstić information content (AvgIpc) is 2.55. The van der Waals surface area contributed by atoms with E-state index in [0.29, 0.717) is 6.04 Å². The summed E-state index contributed by atoms with van der Waals surface area (Å²) in [5.41, 5.74) is 3.99. The number of pyridine rings is 3. The van der Waals surface area contributed by atoms with Gasteiger partial charge in [0.2, 0.25) is 0 Å². The Morgan fingerprint density at radius 2 is 1.86 bits per heavy atom. The third kappa shape index (κ3) is 2.84. The quantitative estimate of drug-likeness (QED) is 0.786. The van der Waals surface area contributed by atoms with E-state index in [-0.39, 0.29) is 0 Å². The van der Waals surface area contributed by atoms with E-state index in [2.05, 4.69) is 35.2 Å². The van der Waals surface area contributed by atoms with Crippen LogP contribution in [0.3, 0.4) is 0 Å². The Hall–Kier alpha value is -2.49. The Bertz CT molecular complexity index is 740. The van der Waals surface area contributed by atoms with E-state index in [9.17, 15) is 0 Å². The number of rotatable bonds is 4. The number of nitrogens with one attached hydrogen (secondary N) is 1. The van der Waals surface area contributed by atoms with Crippen LogP contribution < -0.4 is 5.32 Å². The van der Waals surface area contributed by atoms with Gasteiger partial charge in [-0.3, -0.25) is 9.97 Å². The van der Waals surface area contributed by atoms with E-state index in [0.717, 1.165) is 34.3 Å². The second kappa shape index (κ2) is 5.87. The molecule has 0 aliphatic heterocycles. The van der Waals surface area contributed by atoms with Gasteiger partial charge in [-0.2, -0.15) is 0 Å². The van der Waals surface area contributed by atoms with Crippen molar-refractivity contribution in [2.75, 3.05) is 5.32 Å². The molecule has 3 aromatic rings. The fourth-order valence-corrected chi connectivity index (χ4v) is 2.24. The summed E-state index contributed by atoms with van der Waals surface area (Å²) in [6.45, 7) is 4.35. The van der Waals surface area contributed by atoms with Gasteiger partial charge >= 0.3 is 0 Å². The van der Waals surface area contributed by atoms with Crippen molar-refractivity contribution in [1.82, 2.24) is 15.0 Å². The molecule has 4 heteroatoms. The smallest absolute Gasteiger partial charge is 0.0913 e. The molecule has 0 saturated carbocycles. The lowest BCUT2D eigenvalue weighted by Crippen LogP contribution is -2.14. The lowest BCUT2D eigenvalue weighted by molar-refractivity contribution is 0.765. The zero-order valence-electron chi connectivity index (χ0n) is 12.2. The molecular weight excluding hydrogens is 260 g/mol. The highest BCUT2D eigenvalue weighted by molar-refractivity contribution is 5.93. The number of nitrogens with zero attached hydrogens (tertiary/aromatic N) is 3. The molecule has 0 aliphatic carbocycles. The predicted molar refractivity (Wildman–Crippen MR) is 86.1 cm³/mol. The maximum absolute atomic E-state index is 4.71. The predicted octanol–water partition coefficient (Wildman–Crippen LogP) is 3.90. The lowest BCUT2D eigenvalue weighted by atomic mass is 10.1. The van der Waals surface area contributed by atoms with Crippen molar-refractivity contribution >= 4 is 16.6 Å². The SMILES string of the molecule is CCC(C)Nc1cc(-c2ccncc2)nc2cnccc12. The van der Waals surface area contributed by atoms with Crippen LogP contribution in [-0.2, 0) is 0 Å². The van der Waals surface area contributed by atoms with Crippen LogP contribution in [0, 0.1) is 0 Å². The van der Waals surface area contributed by atoms with Crippen molar-refractivity contribution < 1.29 is 0 Å². The molecule has 0 amide bonds. The molecular formula is C17H18N4. The summed E-state index contributed by atoms with van der Waals surface area (Å²) >= 11 is 0. The Balaban J connectivity index is 2.15. The van der Waals surface area contributed by atoms with Crippen molar-refractivity contribution in [3.63, 3.8) is 0 Å². The highest BCUT2D eigenvalue weighted by Gasteiger charge is 2.09. The van der Waals surface area contributed by atoms with Crippen molar-refractivity contribution in [2.45, 2.75) is 26.3 Å². The maximum Gasteiger partial charge on any atom is 0.0913 e. The van der Waals surface area contributed by atoms with Gasteiger partial charge in [0.25, 0.3) is 0 Å². The lowest BCUT2D eigenvalue weighted by Gasteiger charge is -2.16. The van der Waals surface area contributed by atoms with Gasteiger partial charge < -0.3 is 5.32 Å². The summed E-state index contributed by atoms with van der Waals surface area (Å²) in [4.78, 5) is 13.0. The van der Waals surface area contributed by atoms with Crippen LogP contribution in [-0.4, -0.2) is 21.0 Å². The molecule has 0 aromatic carbocycles. The van der Waals surface area contributed by atoms with Crippen molar-refractivity contribution in [3.05, 3.63) is 49.1 Å². The van der Waals surface area contributed by atoms with Gasteiger partial charge in [0.15, 0.2) is 0 Å². The van der Waals surface area contributed by atoms with Gasteiger partial charge in [0, 0.05) is 41.3 Å². The molecule has 21 heavy (non-hydrogen) atoms. The van der Waals surface area contributed by atoms with Crippen LogP contribution in [0.4, 0.5) is 5.69 Å². The van der Waals surface area contributed by atoms with Gasteiger partial charge in [-0.05, 0) is 37.6 Å². The molecule has 3 heterocycles. The van der Waals surface area contributed by atoms with Crippen molar-refractivity contribution in [2.24, 2.45) is 0 Å². The van der Waals surface area contributed by atoms with Crippen molar-refractivity contribution in [3.8, 4) is 11.3 Å². The Labute approximate surface area is 124 Å². The van der Waals surface area contributed by atoms with Gasteiger partial charge in [0.1, 0.15) is 0 Å². The maximum atomic E-state index is 4.71. The summed E-state index contributed by atoms with van der Waals surface area (Å²) < 4.78 is 0. The molecule has 0 radical (unpaired) electrons. The second-order valence-electron chi connectivity index (χ2n) is 5.14. The molecule has 0 saturated heterocycles. The standard InChI is InChI=1S/C17H18N4/c1-3-12(2)20-16-10-15(13-4-7-18-8-5-13)21-17-11-19-9-6-14(16)17/h4-12H,3H2,1-2H3,(H,20,21). The zero-order valence-corrected chi connectivity index (χ0v) is 12.2. The van der Waals surface area contributed by atoms with Crippen LogP contribution in [0.25, 0.3) is 22.2 Å². The first-order valence-electron chi connectivity index (χ1n) is 7.19. The first-order valence-corrected chi connectivity index (χ1v) is 7.19. The fourth-order valence-electron chi connectivity index (χ4n) is 2.24. The molecule has 4 nitrogen and oxygen atoms in total. The van der Waals surface area contributed by atoms with E-state index in [1.165, 1.54) is 0 Å². The monoisotopic (exact) mass is 278 g/mol. The molecule has 0 bridgehead atoms. The van der Waals surface area contributed by atoms with Gasteiger partial charge in [-0.15, -0.1) is 0 Å².